The molecule has 0 heterocycles. The lowest BCUT2D eigenvalue weighted by atomic mass is 9.43. The number of benzene rings is 3. The molecule has 4 fully saturated rings. The number of rotatable bonds is 1. The first-order valence-electron chi connectivity index (χ1n) is 11.3. The average Bonchev–Trinajstić information content (AvgIpc) is 3.01. The zero-order chi connectivity index (χ0) is 20.0. The van der Waals surface area contributed by atoms with Gasteiger partial charge in [0.1, 0.15) is 0 Å². The fourth-order valence-electron chi connectivity index (χ4n) is 8.06. The van der Waals surface area contributed by atoms with Crippen molar-refractivity contribution in [3.8, 4) is 22.3 Å². The van der Waals surface area contributed by atoms with Gasteiger partial charge in [0.25, 0.3) is 0 Å². The molecule has 0 radical (unpaired) electrons. The monoisotopic (exact) mass is 518 g/mol. The molecule has 5 aliphatic rings. The first kappa shape index (κ1) is 18.2. The lowest BCUT2D eigenvalue weighted by Crippen LogP contribution is -2.55. The summed E-state index contributed by atoms with van der Waals surface area (Å²) >= 11 is 7.34. The molecule has 0 saturated heterocycles. The van der Waals surface area contributed by atoms with Crippen LogP contribution in [0.15, 0.2) is 69.6 Å². The first-order chi connectivity index (χ1) is 14.6. The van der Waals surface area contributed by atoms with Crippen molar-refractivity contribution >= 4 is 31.9 Å². The van der Waals surface area contributed by atoms with Crippen LogP contribution in [0, 0.1) is 23.7 Å². The maximum Gasteiger partial charge on any atom is 0.0271 e. The van der Waals surface area contributed by atoms with Gasteiger partial charge in [0.15, 0.2) is 0 Å². The largest absolute Gasteiger partial charge is 0.0619 e. The van der Waals surface area contributed by atoms with Crippen LogP contribution in [-0.2, 0) is 5.41 Å². The summed E-state index contributed by atoms with van der Waals surface area (Å²) in [5.74, 6) is 3.66. The predicted molar refractivity (Wildman–Crippen MR) is 131 cm³/mol. The molecule has 0 aromatic heterocycles. The summed E-state index contributed by atoms with van der Waals surface area (Å²) in [6.07, 6.45) is 7.29. The van der Waals surface area contributed by atoms with Gasteiger partial charge in [0, 0.05) is 14.4 Å². The molecule has 150 valence electrons. The summed E-state index contributed by atoms with van der Waals surface area (Å²) in [7, 11) is 0. The molecule has 4 bridgehead atoms. The summed E-state index contributed by atoms with van der Waals surface area (Å²) < 4.78 is 2.23. The second-order valence-electron chi connectivity index (χ2n) is 10.1. The lowest BCUT2D eigenvalue weighted by Gasteiger charge is -2.61. The molecule has 5 aliphatic carbocycles. The molecule has 30 heavy (non-hydrogen) atoms. The van der Waals surface area contributed by atoms with Gasteiger partial charge in [-0.1, -0.05) is 68.3 Å². The van der Waals surface area contributed by atoms with Crippen LogP contribution in [0.1, 0.15) is 43.2 Å². The molecule has 0 nitrogen and oxygen atoms in total. The van der Waals surface area contributed by atoms with E-state index in [9.17, 15) is 0 Å². The number of fused-ring (bicyclic) bond motifs is 3. The molecule has 0 atom stereocenters. The number of halogens is 2. The van der Waals surface area contributed by atoms with Gasteiger partial charge in [-0.25, -0.2) is 0 Å². The van der Waals surface area contributed by atoms with Crippen LogP contribution in [0.5, 0.6) is 0 Å². The summed E-state index contributed by atoms with van der Waals surface area (Å²) in [5, 5.41) is 0. The molecular formula is C28H24Br2. The Labute approximate surface area is 195 Å². The van der Waals surface area contributed by atoms with Gasteiger partial charge in [-0.05, 0) is 113 Å². The van der Waals surface area contributed by atoms with E-state index in [2.05, 4.69) is 92.5 Å². The fraction of sp³-hybridized carbons (Fsp3) is 0.357. The van der Waals surface area contributed by atoms with E-state index in [1.807, 2.05) is 0 Å². The molecule has 0 N–H and O–H groups in total. The third kappa shape index (κ3) is 2.33. The summed E-state index contributed by atoms with van der Waals surface area (Å²) in [6, 6.07) is 23.3. The topological polar surface area (TPSA) is 0 Å². The van der Waals surface area contributed by atoms with Crippen molar-refractivity contribution in [3.05, 3.63) is 80.7 Å². The first-order valence-corrected chi connectivity index (χ1v) is 12.9. The second-order valence-corrected chi connectivity index (χ2v) is 12.0. The van der Waals surface area contributed by atoms with Crippen molar-refractivity contribution in [2.24, 2.45) is 23.7 Å². The molecule has 8 rings (SSSR count). The van der Waals surface area contributed by atoms with Crippen LogP contribution in [0.3, 0.4) is 0 Å². The highest BCUT2D eigenvalue weighted by molar-refractivity contribution is 9.11. The van der Waals surface area contributed by atoms with Crippen LogP contribution in [0.25, 0.3) is 22.3 Å². The highest BCUT2D eigenvalue weighted by Gasteiger charge is 2.61. The van der Waals surface area contributed by atoms with Gasteiger partial charge in [0.2, 0.25) is 0 Å². The Morgan fingerprint density at radius 2 is 1.23 bits per heavy atom. The molecule has 4 saturated carbocycles. The molecular weight excluding hydrogens is 496 g/mol. The normalized spacial score (nSPS) is 32.5. The minimum Gasteiger partial charge on any atom is -0.0619 e. The third-order valence-corrected chi connectivity index (χ3v) is 9.67. The van der Waals surface area contributed by atoms with E-state index in [4.69, 9.17) is 0 Å². The second kappa shape index (κ2) is 6.33. The minimum atomic E-state index is 0.274. The van der Waals surface area contributed by atoms with E-state index in [-0.39, 0.29) is 5.41 Å². The zero-order valence-electron chi connectivity index (χ0n) is 16.9. The smallest absolute Gasteiger partial charge is 0.0271 e. The van der Waals surface area contributed by atoms with Crippen molar-refractivity contribution in [1.82, 2.24) is 0 Å². The average molecular weight is 520 g/mol. The van der Waals surface area contributed by atoms with E-state index >= 15 is 0 Å². The van der Waals surface area contributed by atoms with Crippen molar-refractivity contribution < 1.29 is 0 Å². The van der Waals surface area contributed by atoms with Gasteiger partial charge < -0.3 is 0 Å². The van der Waals surface area contributed by atoms with Crippen LogP contribution in [0.2, 0.25) is 0 Å². The van der Waals surface area contributed by atoms with E-state index in [1.165, 1.54) is 54.4 Å². The van der Waals surface area contributed by atoms with Gasteiger partial charge >= 0.3 is 0 Å². The van der Waals surface area contributed by atoms with Gasteiger partial charge in [-0.2, -0.15) is 0 Å². The molecule has 0 unspecified atom stereocenters. The van der Waals surface area contributed by atoms with Crippen LogP contribution >= 0.6 is 31.9 Å². The Bertz CT molecular complexity index is 1140. The van der Waals surface area contributed by atoms with Crippen LogP contribution in [-0.4, -0.2) is 0 Å². The molecule has 1 spiro atoms. The molecule has 0 amide bonds. The van der Waals surface area contributed by atoms with Gasteiger partial charge in [-0.3, -0.25) is 0 Å². The van der Waals surface area contributed by atoms with Crippen molar-refractivity contribution in [2.45, 2.75) is 37.5 Å². The van der Waals surface area contributed by atoms with Gasteiger partial charge in [-0.15, -0.1) is 0 Å². The summed E-state index contributed by atoms with van der Waals surface area (Å²) in [4.78, 5) is 0. The lowest BCUT2D eigenvalue weighted by molar-refractivity contribution is -0.0399. The number of hydrogen-bond acceptors (Lipinski definition) is 0. The maximum atomic E-state index is 3.67. The molecule has 2 heteroatoms. The van der Waals surface area contributed by atoms with E-state index in [1.54, 1.807) is 11.1 Å². The molecule has 3 aromatic rings. The zero-order valence-corrected chi connectivity index (χ0v) is 20.0. The van der Waals surface area contributed by atoms with Crippen molar-refractivity contribution in [1.29, 1.82) is 0 Å². The fourth-order valence-corrected chi connectivity index (χ4v) is 9.35. The van der Waals surface area contributed by atoms with E-state index in [0.717, 1.165) is 32.6 Å². The standard InChI is InChI=1S/C28H24Br2/c29-22-12-19(13-23(30)15-22)18-5-6-27-25(14-18)24-3-1-2-4-26(24)28(27)20-8-16-7-17(10-20)11-21(28)9-16/h1-6,12-17,20-21H,7-11H2. The van der Waals surface area contributed by atoms with E-state index < -0.39 is 0 Å². The quantitative estimate of drug-likeness (QED) is 0.302. The van der Waals surface area contributed by atoms with Crippen LogP contribution in [0.4, 0.5) is 0 Å². The Kier molecular flexibility index (Phi) is 3.84. The highest BCUT2D eigenvalue weighted by Crippen LogP contribution is 2.69. The molecule has 0 aliphatic heterocycles. The Hall–Kier alpha value is -1.38. The Morgan fingerprint density at radius 3 is 1.93 bits per heavy atom. The van der Waals surface area contributed by atoms with E-state index in [0.29, 0.717) is 0 Å². The molecule has 3 aromatic carbocycles. The predicted octanol–water partition coefficient (Wildman–Crippen LogP) is 8.60. The van der Waals surface area contributed by atoms with Crippen molar-refractivity contribution in [3.63, 3.8) is 0 Å². The summed E-state index contributed by atoms with van der Waals surface area (Å²) in [5.41, 5.74) is 9.11. The SMILES string of the molecule is Brc1cc(Br)cc(-c2ccc3c(c2)-c2ccccc2C32C3CC4CC(C3)CC2C4)c1. The third-order valence-electron chi connectivity index (χ3n) is 8.75. The highest BCUT2D eigenvalue weighted by atomic mass is 79.9. The van der Waals surface area contributed by atoms with Crippen molar-refractivity contribution in [2.75, 3.05) is 0 Å². The number of hydrogen-bond donors (Lipinski definition) is 0. The minimum absolute atomic E-state index is 0.274. The van der Waals surface area contributed by atoms with Crippen LogP contribution < -0.4 is 0 Å². The van der Waals surface area contributed by atoms with Gasteiger partial charge in [0.05, 0.1) is 0 Å². The summed E-state index contributed by atoms with van der Waals surface area (Å²) in [6.45, 7) is 0. The Balaban J connectivity index is 1.46. The maximum absolute atomic E-state index is 3.67. The Morgan fingerprint density at radius 1 is 0.600 bits per heavy atom.